The van der Waals surface area contributed by atoms with Crippen LogP contribution < -0.4 is 9.47 Å². The standard InChI is InChI=1S/C21H15Cl2NO4S/c1-3-8-24-20(25)18(29-21(24)26)11-14-9-16(23)19(17(10-14)27-2)28-12-13-4-6-15(22)7-5-13/h1,4-7,9-11H,8,12H2,2H3/b18-11-. The Morgan fingerprint density at radius 3 is 2.59 bits per heavy atom. The summed E-state index contributed by atoms with van der Waals surface area (Å²) in [5, 5.41) is 0.549. The average molecular weight is 448 g/mol. The van der Waals surface area contributed by atoms with E-state index < -0.39 is 11.1 Å². The monoisotopic (exact) mass is 447 g/mol. The van der Waals surface area contributed by atoms with E-state index >= 15 is 0 Å². The molecular formula is C21H15Cl2NO4S. The molecule has 1 fully saturated rings. The summed E-state index contributed by atoms with van der Waals surface area (Å²) in [6.07, 6.45) is 6.77. The minimum atomic E-state index is -0.434. The second-order valence-electron chi connectivity index (χ2n) is 5.92. The molecule has 2 aromatic rings. The molecule has 0 bridgehead atoms. The van der Waals surface area contributed by atoms with Crippen LogP contribution >= 0.6 is 35.0 Å². The molecule has 1 aliphatic heterocycles. The van der Waals surface area contributed by atoms with Crippen molar-refractivity contribution in [1.82, 2.24) is 4.90 Å². The largest absolute Gasteiger partial charge is 0.493 e. The van der Waals surface area contributed by atoms with E-state index in [9.17, 15) is 9.59 Å². The number of nitrogens with zero attached hydrogens (tertiary/aromatic N) is 1. The van der Waals surface area contributed by atoms with E-state index in [0.717, 1.165) is 22.2 Å². The van der Waals surface area contributed by atoms with Crippen molar-refractivity contribution in [1.29, 1.82) is 0 Å². The van der Waals surface area contributed by atoms with Gasteiger partial charge in [-0.2, -0.15) is 0 Å². The molecular weight excluding hydrogens is 433 g/mol. The predicted molar refractivity (Wildman–Crippen MR) is 115 cm³/mol. The third-order valence-corrected chi connectivity index (χ3v) is 5.41. The van der Waals surface area contributed by atoms with Crippen LogP contribution in [-0.2, 0) is 11.4 Å². The average Bonchev–Trinajstić information content (AvgIpc) is 2.96. The van der Waals surface area contributed by atoms with Crippen LogP contribution in [0.1, 0.15) is 11.1 Å². The molecule has 0 saturated carbocycles. The van der Waals surface area contributed by atoms with Crippen LogP contribution in [0.4, 0.5) is 4.79 Å². The van der Waals surface area contributed by atoms with Crippen LogP contribution in [0.2, 0.25) is 10.0 Å². The number of carbonyl (C=O) groups excluding carboxylic acids is 2. The molecule has 0 unspecified atom stereocenters. The first kappa shape index (κ1) is 21.1. The smallest absolute Gasteiger partial charge is 0.294 e. The number of amides is 2. The van der Waals surface area contributed by atoms with Crippen molar-refractivity contribution in [3.8, 4) is 23.8 Å². The lowest BCUT2D eigenvalue weighted by molar-refractivity contribution is -0.122. The highest BCUT2D eigenvalue weighted by Gasteiger charge is 2.34. The zero-order chi connectivity index (χ0) is 21.0. The van der Waals surface area contributed by atoms with Gasteiger partial charge in [-0.15, -0.1) is 6.42 Å². The summed E-state index contributed by atoms with van der Waals surface area (Å²) in [7, 11) is 1.49. The molecule has 148 valence electrons. The van der Waals surface area contributed by atoms with E-state index in [0.29, 0.717) is 27.1 Å². The summed E-state index contributed by atoms with van der Waals surface area (Å²) in [5.74, 6) is 2.64. The highest BCUT2D eigenvalue weighted by Crippen LogP contribution is 2.39. The molecule has 2 amide bonds. The number of carbonyl (C=O) groups is 2. The number of terminal acetylenes is 1. The molecule has 5 nitrogen and oxygen atoms in total. The van der Waals surface area contributed by atoms with Gasteiger partial charge in [-0.05, 0) is 53.2 Å². The minimum Gasteiger partial charge on any atom is -0.493 e. The van der Waals surface area contributed by atoms with Gasteiger partial charge in [-0.25, -0.2) is 0 Å². The van der Waals surface area contributed by atoms with Crippen molar-refractivity contribution in [2.24, 2.45) is 0 Å². The number of hydrogen-bond acceptors (Lipinski definition) is 5. The Morgan fingerprint density at radius 2 is 1.93 bits per heavy atom. The van der Waals surface area contributed by atoms with Gasteiger partial charge in [0.2, 0.25) is 0 Å². The second kappa shape index (κ2) is 9.27. The van der Waals surface area contributed by atoms with Gasteiger partial charge in [-0.1, -0.05) is 41.3 Å². The highest BCUT2D eigenvalue weighted by molar-refractivity contribution is 8.18. The predicted octanol–water partition coefficient (Wildman–Crippen LogP) is 5.25. The maximum absolute atomic E-state index is 12.3. The molecule has 8 heteroatoms. The van der Waals surface area contributed by atoms with E-state index in [2.05, 4.69) is 5.92 Å². The Bertz CT molecular complexity index is 1030. The Labute approximate surface area is 182 Å². The van der Waals surface area contributed by atoms with Crippen LogP contribution in [-0.4, -0.2) is 29.7 Å². The quantitative estimate of drug-likeness (QED) is 0.446. The number of rotatable bonds is 6. The van der Waals surface area contributed by atoms with Crippen molar-refractivity contribution in [3.63, 3.8) is 0 Å². The summed E-state index contributed by atoms with van der Waals surface area (Å²) in [5.41, 5.74) is 1.51. The van der Waals surface area contributed by atoms with Crippen molar-refractivity contribution < 1.29 is 19.1 Å². The van der Waals surface area contributed by atoms with Crippen LogP contribution in [0.25, 0.3) is 6.08 Å². The SMILES string of the molecule is C#CCN1C(=O)S/C(=C\c2cc(Cl)c(OCc3ccc(Cl)cc3)c(OC)c2)C1=O. The van der Waals surface area contributed by atoms with E-state index in [-0.39, 0.29) is 18.1 Å². The molecule has 0 aromatic heterocycles. The lowest BCUT2D eigenvalue weighted by atomic mass is 10.1. The summed E-state index contributed by atoms with van der Waals surface area (Å²) in [4.78, 5) is 25.5. The third-order valence-electron chi connectivity index (χ3n) is 3.97. The number of methoxy groups -OCH3 is 1. The molecule has 0 N–H and O–H groups in total. The maximum atomic E-state index is 12.3. The number of benzene rings is 2. The van der Waals surface area contributed by atoms with Gasteiger partial charge < -0.3 is 9.47 Å². The maximum Gasteiger partial charge on any atom is 0.294 e. The zero-order valence-corrected chi connectivity index (χ0v) is 17.6. The third kappa shape index (κ3) is 4.88. The number of hydrogen-bond donors (Lipinski definition) is 0. The molecule has 29 heavy (non-hydrogen) atoms. The molecule has 1 saturated heterocycles. The summed E-state index contributed by atoms with van der Waals surface area (Å²) >= 11 is 13.1. The van der Waals surface area contributed by atoms with Gasteiger partial charge in [0.25, 0.3) is 11.1 Å². The Kier molecular flexibility index (Phi) is 6.75. The minimum absolute atomic E-state index is 0.0659. The molecule has 0 aliphatic carbocycles. The van der Waals surface area contributed by atoms with Gasteiger partial charge in [0, 0.05) is 5.02 Å². The van der Waals surface area contributed by atoms with Gasteiger partial charge in [-0.3, -0.25) is 14.5 Å². The molecule has 3 rings (SSSR count). The number of thioether (sulfide) groups is 1. The fraction of sp³-hybridized carbons (Fsp3) is 0.143. The van der Waals surface area contributed by atoms with Gasteiger partial charge in [0.15, 0.2) is 11.5 Å². The molecule has 1 aliphatic rings. The van der Waals surface area contributed by atoms with Crippen molar-refractivity contribution in [3.05, 3.63) is 62.5 Å². The van der Waals surface area contributed by atoms with Crippen LogP contribution in [0, 0.1) is 12.3 Å². The zero-order valence-electron chi connectivity index (χ0n) is 15.3. The van der Waals surface area contributed by atoms with Crippen molar-refractivity contribution >= 4 is 52.2 Å². The Balaban J connectivity index is 1.83. The summed E-state index contributed by atoms with van der Waals surface area (Å²) < 4.78 is 11.2. The Morgan fingerprint density at radius 1 is 1.21 bits per heavy atom. The van der Waals surface area contributed by atoms with E-state index in [1.807, 2.05) is 12.1 Å². The first-order chi connectivity index (χ1) is 13.9. The van der Waals surface area contributed by atoms with Gasteiger partial charge in [0.05, 0.1) is 23.6 Å². The Hall–Kier alpha value is -2.59. The van der Waals surface area contributed by atoms with E-state index in [1.165, 1.54) is 7.11 Å². The summed E-state index contributed by atoms with van der Waals surface area (Å²) in [6.45, 7) is 0.209. The number of halogens is 2. The highest BCUT2D eigenvalue weighted by atomic mass is 35.5. The second-order valence-corrected chi connectivity index (χ2v) is 7.76. The normalized spacial score (nSPS) is 15.0. The molecule has 1 heterocycles. The lowest BCUT2D eigenvalue weighted by Crippen LogP contribution is -2.28. The van der Waals surface area contributed by atoms with Gasteiger partial charge in [0.1, 0.15) is 6.61 Å². The fourth-order valence-corrected chi connectivity index (χ4v) is 3.82. The van der Waals surface area contributed by atoms with Crippen molar-refractivity contribution in [2.45, 2.75) is 6.61 Å². The molecule has 2 aromatic carbocycles. The first-order valence-corrected chi connectivity index (χ1v) is 9.93. The molecule has 0 radical (unpaired) electrons. The molecule has 0 spiro atoms. The van der Waals surface area contributed by atoms with E-state index in [1.54, 1.807) is 30.3 Å². The van der Waals surface area contributed by atoms with Crippen molar-refractivity contribution in [2.75, 3.05) is 13.7 Å². The van der Waals surface area contributed by atoms with Crippen LogP contribution in [0.5, 0.6) is 11.5 Å². The van der Waals surface area contributed by atoms with Gasteiger partial charge >= 0.3 is 0 Å². The van der Waals surface area contributed by atoms with E-state index in [4.69, 9.17) is 39.1 Å². The molecule has 0 atom stereocenters. The topological polar surface area (TPSA) is 55.8 Å². The fourth-order valence-electron chi connectivity index (χ4n) is 2.58. The lowest BCUT2D eigenvalue weighted by Gasteiger charge is -2.13. The number of ether oxygens (including phenoxy) is 2. The van der Waals surface area contributed by atoms with Crippen LogP contribution in [0.3, 0.4) is 0 Å². The summed E-state index contributed by atoms with van der Waals surface area (Å²) in [6, 6.07) is 10.6. The first-order valence-electron chi connectivity index (χ1n) is 8.36. The number of imide groups is 1. The van der Waals surface area contributed by atoms with Crippen LogP contribution in [0.15, 0.2) is 41.3 Å².